The zero-order chi connectivity index (χ0) is 21.1. The molecule has 3 aromatic rings. The van der Waals surface area contributed by atoms with Crippen molar-refractivity contribution < 1.29 is 9.53 Å². The van der Waals surface area contributed by atoms with Crippen LogP contribution in [-0.4, -0.2) is 33.8 Å². The van der Waals surface area contributed by atoms with Crippen LogP contribution in [0.4, 0.5) is 0 Å². The molecule has 0 saturated heterocycles. The van der Waals surface area contributed by atoms with Crippen molar-refractivity contribution in [2.75, 3.05) is 7.11 Å². The maximum absolute atomic E-state index is 13.0. The van der Waals surface area contributed by atoms with E-state index in [0.717, 1.165) is 40.7 Å². The Bertz CT molecular complexity index is 998. The van der Waals surface area contributed by atoms with E-state index in [0.29, 0.717) is 6.04 Å². The lowest BCUT2D eigenvalue weighted by Crippen LogP contribution is -2.30. The van der Waals surface area contributed by atoms with Gasteiger partial charge in [-0.2, -0.15) is 0 Å². The Morgan fingerprint density at radius 1 is 1.10 bits per heavy atom. The van der Waals surface area contributed by atoms with Crippen molar-refractivity contribution in [1.29, 1.82) is 0 Å². The molecular formula is C23H26N4O2S. The Hall–Kier alpha value is -2.80. The third-order valence-corrected chi connectivity index (χ3v) is 6.23. The Kier molecular flexibility index (Phi) is 6.08. The first-order chi connectivity index (χ1) is 14.6. The summed E-state index contributed by atoms with van der Waals surface area (Å²) in [5, 5.41) is 12.4. The molecule has 156 valence electrons. The van der Waals surface area contributed by atoms with Crippen molar-refractivity contribution in [1.82, 2.24) is 20.1 Å². The summed E-state index contributed by atoms with van der Waals surface area (Å²) in [7, 11) is 1.65. The number of hydrogen-bond donors (Lipinski definition) is 1. The largest absolute Gasteiger partial charge is 0.497 e. The summed E-state index contributed by atoms with van der Waals surface area (Å²) < 4.78 is 7.35. The topological polar surface area (TPSA) is 69.0 Å². The molecule has 0 radical (unpaired) electrons. The summed E-state index contributed by atoms with van der Waals surface area (Å²) in [6, 6.07) is 18.1. The van der Waals surface area contributed by atoms with E-state index in [9.17, 15) is 4.79 Å². The van der Waals surface area contributed by atoms with Gasteiger partial charge in [-0.05, 0) is 56.5 Å². The molecule has 0 unspecified atom stereocenters. The molecule has 4 rings (SSSR count). The molecule has 1 amide bonds. The minimum Gasteiger partial charge on any atom is -0.497 e. The van der Waals surface area contributed by atoms with E-state index in [1.807, 2.05) is 54.6 Å². The predicted molar refractivity (Wildman–Crippen MR) is 119 cm³/mol. The minimum absolute atomic E-state index is 0.0259. The van der Waals surface area contributed by atoms with E-state index in [4.69, 9.17) is 4.74 Å². The van der Waals surface area contributed by atoms with E-state index < -0.39 is 0 Å². The molecule has 1 heterocycles. The first-order valence-corrected chi connectivity index (χ1v) is 11.1. The van der Waals surface area contributed by atoms with E-state index in [1.54, 1.807) is 7.11 Å². The molecule has 2 aromatic carbocycles. The van der Waals surface area contributed by atoms with Crippen LogP contribution in [0.2, 0.25) is 0 Å². The number of aromatic nitrogens is 3. The Balaban J connectivity index is 1.67. The molecule has 0 spiro atoms. The van der Waals surface area contributed by atoms with Crippen LogP contribution < -0.4 is 10.1 Å². The van der Waals surface area contributed by atoms with Crippen LogP contribution in [0.5, 0.6) is 5.75 Å². The van der Waals surface area contributed by atoms with Crippen molar-refractivity contribution in [3.8, 4) is 17.1 Å². The van der Waals surface area contributed by atoms with Crippen molar-refractivity contribution in [3.63, 3.8) is 0 Å². The molecule has 7 heteroatoms. The summed E-state index contributed by atoms with van der Waals surface area (Å²) in [5.74, 6) is 1.60. The zero-order valence-corrected chi connectivity index (χ0v) is 18.2. The van der Waals surface area contributed by atoms with Gasteiger partial charge in [0.25, 0.3) is 0 Å². The monoisotopic (exact) mass is 422 g/mol. The van der Waals surface area contributed by atoms with Crippen LogP contribution in [0.15, 0.2) is 59.8 Å². The molecule has 0 bridgehead atoms. The van der Waals surface area contributed by atoms with Crippen LogP contribution >= 0.6 is 11.8 Å². The van der Waals surface area contributed by atoms with Gasteiger partial charge in [0.15, 0.2) is 11.0 Å². The molecule has 1 N–H and O–H groups in total. The molecule has 6 nitrogen and oxygen atoms in total. The van der Waals surface area contributed by atoms with Crippen LogP contribution in [0.3, 0.4) is 0 Å². The Morgan fingerprint density at radius 2 is 1.80 bits per heavy atom. The number of thioether (sulfide) groups is 1. The summed E-state index contributed by atoms with van der Waals surface area (Å²) in [6.45, 7) is 4.20. The van der Waals surface area contributed by atoms with Gasteiger partial charge < -0.3 is 10.1 Å². The molecule has 1 fully saturated rings. The number of benzene rings is 2. The molecule has 1 aromatic heterocycles. The number of nitrogens with one attached hydrogen (secondary N) is 1. The fourth-order valence-electron chi connectivity index (χ4n) is 3.27. The van der Waals surface area contributed by atoms with Crippen LogP contribution in [0.1, 0.15) is 43.5 Å². The number of amides is 1. The third kappa shape index (κ3) is 4.51. The first kappa shape index (κ1) is 20.5. The smallest absolute Gasteiger partial charge is 0.238 e. The van der Waals surface area contributed by atoms with Crippen molar-refractivity contribution in [2.24, 2.45) is 0 Å². The molecule has 1 aliphatic carbocycles. The van der Waals surface area contributed by atoms with E-state index in [2.05, 4.69) is 33.9 Å². The number of methoxy groups -OCH3 is 1. The number of ether oxygens (including phenoxy) is 1. The van der Waals surface area contributed by atoms with Gasteiger partial charge in [-0.15, -0.1) is 10.2 Å². The second kappa shape index (κ2) is 8.92. The molecule has 1 aliphatic rings. The Labute approximate surface area is 181 Å². The van der Waals surface area contributed by atoms with Crippen molar-refractivity contribution >= 4 is 17.7 Å². The predicted octanol–water partition coefficient (Wildman–Crippen LogP) is 4.65. The molecule has 1 atom stereocenters. The standard InChI is InChI=1S/C23H26N4O2S/c1-15(2)27-21(17-9-13-19(29-3)14-10-17)25-26-23(27)30-20(16-7-5-4-6-8-16)22(28)24-18-11-12-18/h4-10,13-15,18,20H,11-12H2,1-3H3,(H,24,28)/t20-/m1/s1. The number of carbonyl (C=O) groups excluding carboxylic acids is 1. The SMILES string of the molecule is COc1ccc(-c2nnc(S[C@@H](C(=O)NC3CC3)c3ccccc3)n2C(C)C)cc1. The number of hydrogen-bond acceptors (Lipinski definition) is 5. The lowest BCUT2D eigenvalue weighted by Gasteiger charge is -2.19. The van der Waals surface area contributed by atoms with Gasteiger partial charge in [0.2, 0.25) is 5.91 Å². The van der Waals surface area contributed by atoms with Crippen LogP contribution in [0, 0.1) is 0 Å². The fraction of sp³-hybridized carbons (Fsp3) is 0.348. The summed E-state index contributed by atoms with van der Waals surface area (Å²) in [6.07, 6.45) is 2.11. The van der Waals surface area contributed by atoms with Gasteiger partial charge in [0.05, 0.1) is 7.11 Å². The minimum atomic E-state index is -0.378. The molecular weight excluding hydrogens is 396 g/mol. The number of rotatable bonds is 8. The average molecular weight is 423 g/mol. The van der Waals surface area contributed by atoms with Gasteiger partial charge in [-0.1, -0.05) is 42.1 Å². The van der Waals surface area contributed by atoms with Crippen molar-refractivity contribution in [2.45, 2.75) is 49.2 Å². The molecule has 1 saturated carbocycles. The lowest BCUT2D eigenvalue weighted by molar-refractivity contribution is -0.120. The van der Waals surface area contributed by atoms with Crippen molar-refractivity contribution in [3.05, 3.63) is 60.2 Å². The average Bonchev–Trinajstić information content (AvgIpc) is 3.47. The summed E-state index contributed by atoms with van der Waals surface area (Å²) in [4.78, 5) is 13.0. The highest BCUT2D eigenvalue weighted by Gasteiger charge is 2.31. The van der Waals surface area contributed by atoms with Crippen LogP contribution in [0.25, 0.3) is 11.4 Å². The van der Waals surface area contributed by atoms with Crippen LogP contribution in [-0.2, 0) is 4.79 Å². The fourth-order valence-corrected chi connectivity index (χ4v) is 4.45. The second-order valence-corrected chi connectivity index (χ2v) is 8.76. The first-order valence-electron chi connectivity index (χ1n) is 10.2. The van der Waals surface area contributed by atoms with E-state index in [1.165, 1.54) is 11.8 Å². The quantitative estimate of drug-likeness (QED) is 0.535. The maximum Gasteiger partial charge on any atom is 0.238 e. The molecule has 30 heavy (non-hydrogen) atoms. The highest BCUT2D eigenvalue weighted by molar-refractivity contribution is 8.00. The Morgan fingerprint density at radius 3 is 2.40 bits per heavy atom. The summed E-state index contributed by atoms with van der Waals surface area (Å²) in [5.41, 5.74) is 1.92. The van der Waals surface area contributed by atoms with Gasteiger partial charge >= 0.3 is 0 Å². The summed E-state index contributed by atoms with van der Waals surface area (Å²) >= 11 is 1.45. The van der Waals surface area contributed by atoms with Gasteiger partial charge in [-0.3, -0.25) is 9.36 Å². The van der Waals surface area contributed by atoms with E-state index >= 15 is 0 Å². The second-order valence-electron chi connectivity index (χ2n) is 7.69. The van der Waals surface area contributed by atoms with Gasteiger partial charge in [0, 0.05) is 17.6 Å². The normalized spacial score (nSPS) is 14.5. The van der Waals surface area contributed by atoms with Gasteiger partial charge in [-0.25, -0.2) is 0 Å². The molecule has 0 aliphatic heterocycles. The van der Waals surface area contributed by atoms with Gasteiger partial charge in [0.1, 0.15) is 11.0 Å². The number of nitrogens with zero attached hydrogens (tertiary/aromatic N) is 3. The zero-order valence-electron chi connectivity index (χ0n) is 17.4. The third-order valence-electron chi connectivity index (χ3n) is 5.02. The maximum atomic E-state index is 13.0. The number of carbonyl (C=O) groups is 1. The lowest BCUT2D eigenvalue weighted by atomic mass is 10.1. The highest BCUT2D eigenvalue weighted by Crippen LogP contribution is 2.38. The van der Waals surface area contributed by atoms with E-state index in [-0.39, 0.29) is 17.2 Å². The highest BCUT2D eigenvalue weighted by atomic mass is 32.2.